The molecule has 0 N–H and O–H groups in total. The van der Waals surface area contributed by atoms with Gasteiger partial charge in [0, 0.05) is 5.56 Å². The zero-order valence-corrected chi connectivity index (χ0v) is 10.9. The zero-order chi connectivity index (χ0) is 13.7. The normalized spacial score (nSPS) is 10.2. The molecule has 2 aromatic carbocycles. The average Bonchev–Trinajstić information content (AvgIpc) is 2.39. The van der Waals surface area contributed by atoms with E-state index in [1.165, 1.54) is 6.92 Å². The molecule has 96 valence electrons. The Bertz CT molecular complexity index is 585. The lowest BCUT2D eigenvalue weighted by molar-refractivity contribution is -0.116. The number of hydrogen-bond donors (Lipinski definition) is 0. The first-order valence-corrected chi connectivity index (χ1v) is 6.31. The van der Waals surface area contributed by atoms with Crippen molar-refractivity contribution in [2.75, 3.05) is 0 Å². The van der Waals surface area contributed by atoms with Crippen molar-refractivity contribution in [3.63, 3.8) is 0 Å². The number of Topliss-reactive ketones (excluding diaryl/α,β-unsaturated/α-hetero) is 2. The Kier molecular flexibility index (Phi) is 4.24. The minimum atomic E-state index is -0.0981. The summed E-state index contributed by atoms with van der Waals surface area (Å²) in [6.07, 6.45) is 0.687. The molecular weight excluding hydrogens is 236 g/mol. The van der Waals surface area contributed by atoms with Gasteiger partial charge in [-0.05, 0) is 24.5 Å². The second-order valence-corrected chi connectivity index (χ2v) is 4.62. The number of hydrogen-bond acceptors (Lipinski definition) is 2. The fourth-order valence-electron chi connectivity index (χ4n) is 2.08. The molecule has 0 aromatic heterocycles. The quantitative estimate of drug-likeness (QED) is 0.603. The minimum absolute atomic E-state index is 0.0220. The van der Waals surface area contributed by atoms with E-state index in [4.69, 9.17) is 0 Å². The molecule has 0 spiro atoms. The third-order valence-electron chi connectivity index (χ3n) is 2.96. The Balaban J connectivity index is 2.26. The Labute approximate surface area is 113 Å². The highest BCUT2D eigenvalue weighted by atomic mass is 16.1. The van der Waals surface area contributed by atoms with Crippen LogP contribution in [-0.2, 0) is 11.2 Å². The third-order valence-corrected chi connectivity index (χ3v) is 2.96. The summed E-state index contributed by atoms with van der Waals surface area (Å²) in [6, 6.07) is 17.5. The average molecular weight is 252 g/mol. The van der Waals surface area contributed by atoms with Crippen LogP contribution < -0.4 is 0 Å². The lowest BCUT2D eigenvalue weighted by Crippen LogP contribution is -2.08. The summed E-state index contributed by atoms with van der Waals surface area (Å²) in [5, 5.41) is 0. The predicted molar refractivity (Wildman–Crippen MR) is 75.3 cm³/mol. The monoisotopic (exact) mass is 252 g/mol. The molecule has 2 rings (SSSR count). The first kappa shape index (κ1) is 13.2. The van der Waals surface area contributed by atoms with E-state index in [1.807, 2.05) is 48.5 Å². The fourth-order valence-corrected chi connectivity index (χ4v) is 2.08. The molecule has 0 saturated heterocycles. The van der Waals surface area contributed by atoms with Crippen molar-refractivity contribution < 1.29 is 9.59 Å². The highest BCUT2D eigenvalue weighted by molar-refractivity contribution is 6.08. The van der Waals surface area contributed by atoms with E-state index in [9.17, 15) is 9.59 Å². The first-order chi connectivity index (χ1) is 9.16. The van der Waals surface area contributed by atoms with E-state index in [-0.39, 0.29) is 18.0 Å². The van der Waals surface area contributed by atoms with Gasteiger partial charge in [-0.1, -0.05) is 54.6 Å². The van der Waals surface area contributed by atoms with Crippen LogP contribution in [-0.4, -0.2) is 11.6 Å². The topological polar surface area (TPSA) is 34.1 Å². The maximum atomic E-state index is 12.0. The number of rotatable bonds is 5. The standard InChI is InChI=1S/C17H16O2/c1-13(18)11-17(19)16-10-6-5-9-15(16)12-14-7-3-2-4-8-14/h2-10H,11-12H2,1H3. The van der Waals surface area contributed by atoms with Gasteiger partial charge in [-0.15, -0.1) is 0 Å². The highest BCUT2D eigenvalue weighted by Gasteiger charge is 2.12. The Hall–Kier alpha value is -2.22. The van der Waals surface area contributed by atoms with Crippen LogP contribution in [0.15, 0.2) is 54.6 Å². The second-order valence-electron chi connectivity index (χ2n) is 4.62. The summed E-state index contributed by atoms with van der Waals surface area (Å²) in [4.78, 5) is 23.1. The lowest BCUT2D eigenvalue weighted by Gasteiger charge is -2.08. The molecule has 0 fully saturated rings. The van der Waals surface area contributed by atoms with E-state index in [0.29, 0.717) is 12.0 Å². The first-order valence-electron chi connectivity index (χ1n) is 6.31. The van der Waals surface area contributed by atoms with Crippen LogP contribution in [0.4, 0.5) is 0 Å². The van der Waals surface area contributed by atoms with Crippen LogP contribution in [0.2, 0.25) is 0 Å². The Morgan fingerprint density at radius 2 is 1.53 bits per heavy atom. The van der Waals surface area contributed by atoms with Gasteiger partial charge in [0.2, 0.25) is 0 Å². The highest BCUT2D eigenvalue weighted by Crippen LogP contribution is 2.16. The molecule has 19 heavy (non-hydrogen) atoms. The van der Waals surface area contributed by atoms with Crippen molar-refractivity contribution in [2.24, 2.45) is 0 Å². The van der Waals surface area contributed by atoms with Gasteiger partial charge in [0.05, 0.1) is 6.42 Å². The maximum absolute atomic E-state index is 12.0. The largest absolute Gasteiger partial charge is 0.300 e. The molecule has 0 bridgehead atoms. The van der Waals surface area contributed by atoms with Crippen molar-refractivity contribution in [3.8, 4) is 0 Å². The van der Waals surface area contributed by atoms with Crippen LogP contribution in [0.3, 0.4) is 0 Å². The van der Waals surface area contributed by atoms with Crippen molar-refractivity contribution in [2.45, 2.75) is 19.8 Å². The SMILES string of the molecule is CC(=O)CC(=O)c1ccccc1Cc1ccccc1. The van der Waals surface area contributed by atoms with Gasteiger partial charge >= 0.3 is 0 Å². The molecule has 2 nitrogen and oxygen atoms in total. The summed E-state index contributed by atoms with van der Waals surface area (Å²) in [5.41, 5.74) is 2.78. The summed E-state index contributed by atoms with van der Waals surface area (Å²) >= 11 is 0. The van der Waals surface area contributed by atoms with Gasteiger partial charge in [0.1, 0.15) is 5.78 Å². The van der Waals surface area contributed by atoms with Crippen molar-refractivity contribution in [3.05, 3.63) is 71.3 Å². The number of carbonyl (C=O) groups is 2. The van der Waals surface area contributed by atoms with E-state index < -0.39 is 0 Å². The van der Waals surface area contributed by atoms with E-state index >= 15 is 0 Å². The minimum Gasteiger partial charge on any atom is -0.300 e. The van der Waals surface area contributed by atoms with Gasteiger partial charge < -0.3 is 0 Å². The predicted octanol–water partition coefficient (Wildman–Crippen LogP) is 3.44. The lowest BCUT2D eigenvalue weighted by atomic mass is 9.95. The number of benzene rings is 2. The Morgan fingerprint density at radius 1 is 0.895 bits per heavy atom. The summed E-state index contributed by atoms with van der Waals surface area (Å²) in [5.74, 6) is -0.196. The van der Waals surface area contributed by atoms with Crippen LogP contribution in [0.1, 0.15) is 34.8 Å². The molecular formula is C17H16O2. The zero-order valence-electron chi connectivity index (χ0n) is 10.9. The van der Waals surface area contributed by atoms with E-state index in [2.05, 4.69) is 0 Å². The van der Waals surface area contributed by atoms with Crippen LogP contribution >= 0.6 is 0 Å². The molecule has 0 aliphatic rings. The fraction of sp³-hybridized carbons (Fsp3) is 0.176. The van der Waals surface area contributed by atoms with Gasteiger partial charge in [-0.2, -0.15) is 0 Å². The maximum Gasteiger partial charge on any atom is 0.170 e. The molecule has 0 atom stereocenters. The molecule has 0 radical (unpaired) electrons. The van der Waals surface area contributed by atoms with E-state index in [1.54, 1.807) is 6.07 Å². The van der Waals surface area contributed by atoms with Gasteiger partial charge in [-0.25, -0.2) is 0 Å². The molecule has 0 heterocycles. The smallest absolute Gasteiger partial charge is 0.170 e. The van der Waals surface area contributed by atoms with Crippen molar-refractivity contribution in [1.82, 2.24) is 0 Å². The third kappa shape index (κ3) is 3.62. The second kappa shape index (κ2) is 6.10. The molecule has 0 aliphatic heterocycles. The van der Waals surface area contributed by atoms with Crippen LogP contribution in [0.5, 0.6) is 0 Å². The van der Waals surface area contributed by atoms with E-state index in [0.717, 1.165) is 11.1 Å². The molecule has 0 amide bonds. The van der Waals surface area contributed by atoms with Crippen LogP contribution in [0.25, 0.3) is 0 Å². The van der Waals surface area contributed by atoms with Gasteiger partial charge in [0.25, 0.3) is 0 Å². The van der Waals surface area contributed by atoms with Crippen molar-refractivity contribution >= 4 is 11.6 Å². The van der Waals surface area contributed by atoms with Gasteiger partial charge in [-0.3, -0.25) is 9.59 Å². The summed E-state index contributed by atoms with van der Waals surface area (Å²) in [6.45, 7) is 1.44. The van der Waals surface area contributed by atoms with Crippen molar-refractivity contribution in [1.29, 1.82) is 0 Å². The summed E-state index contributed by atoms with van der Waals surface area (Å²) < 4.78 is 0. The van der Waals surface area contributed by atoms with Gasteiger partial charge in [0.15, 0.2) is 5.78 Å². The molecule has 0 saturated carbocycles. The molecule has 0 unspecified atom stereocenters. The Morgan fingerprint density at radius 3 is 2.21 bits per heavy atom. The number of ketones is 2. The molecule has 0 aliphatic carbocycles. The summed E-state index contributed by atoms with van der Waals surface area (Å²) in [7, 11) is 0. The van der Waals surface area contributed by atoms with Crippen LogP contribution in [0, 0.1) is 0 Å². The molecule has 2 heteroatoms. The molecule has 2 aromatic rings. The number of carbonyl (C=O) groups excluding carboxylic acids is 2.